The van der Waals surface area contributed by atoms with Crippen LogP contribution in [0.2, 0.25) is 0 Å². The Labute approximate surface area is 344 Å². The number of phenols is 1. The average molecular weight is 1280 g/mol. The zero-order chi connectivity index (χ0) is 34.8. The van der Waals surface area contributed by atoms with E-state index in [2.05, 4.69) is 105 Å². The van der Waals surface area contributed by atoms with Gasteiger partial charge in [0.2, 0.25) is 0 Å². The minimum absolute atomic E-state index is 0.154. The second-order valence-electron chi connectivity index (χ2n) is 10.1. The van der Waals surface area contributed by atoms with Crippen LogP contribution in [0.1, 0.15) is 48.4 Å². The summed E-state index contributed by atoms with van der Waals surface area (Å²) in [5, 5.41) is 9.26. The van der Waals surface area contributed by atoms with Crippen molar-refractivity contribution in [2.24, 2.45) is 4.99 Å². The summed E-state index contributed by atoms with van der Waals surface area (Å²) in [6.45, 7) is 0.547. The number of carbonyl (C=O) groups is 2. The van der Waals surface area contributed by atoms with Gasteiger partial charge in [0.15, 0.2) is 0 Å². The molecule has 2 heterocycles. The van der Waals surface area contributed by atoms with Crippen LogP contribution in [-0.4, -0.2) is 61.0 Å². The van der Waals surface area contributed by atoms with E-state index in [0.717, 1.165) is 47.4 Å². The summed E-state index contributed by atoms with van der Waals surface area (Å²) >= 11 is 12.1. The quantitative estimate of drug-likeness (QED) is 0.186. The average Bonchev–Trinajstić information content (AvgIpc) is 3.72. The van der Waals surface area contributed by atoms with Gasteiger partial charge in [0.05, 0.1) is 14.2 Å². The molecular formula is C32H36I5N2O6V2. The van der Waals surface area contributed by atoms with Gasteiger partial charge in [-0.25, -0.2) is 4.79 Å². The number of benzene rings is 3. The van der Waals surface area contributed by atoms with Crippen LogP contribution in [0.25, 0.3) is 0 Å². The van der Waals surface area contributed by atoms with E-state index in [1.807, 2.05) is 78.7 Å². The molecular weight excluding hydrogens is 1240 g/mol. The maximum absolute atomic E-state index is 11.6. The molecule has 3 aromatic rings. The van der Waals surface area contributed by atoms with Crippen LogP contribution in [0.3, 0.4) is 0 Å². The van der Waals surface area contributed by atoms with E-state index >= 15 is 0 Å². The van der Waals surface area contributed by atoms with Gasteiger partial charge in [-0.15, -0.1) is 0 Å². The molecule has 1 N–H and O–H groups in total. The Morgan fingerprint density at radius 2 is 1.47 bits per heavy atom. The number of hydrogen-bond acceptors (Lipinski definition) is 8. The molecule has 1 saturated heterocycles. The Morgan fingerprint density at radius 3 is 2.02 bits per heavy atom. The fourth-order valence-corrected chi connectivity index (χ4v) is 5.06. The summed E-state index contributed by atoms with van der Waals surface area (Å²) in [4.78, 5) is 29.3. The van der Waals surface area contributed by atoms with Crippen molar-refractivity contribution in [3.8, 4) is 11.5 Å². The molecule has 0 spiro atoms. The third-order valence-electron chi connectivity index (χ3n) is 7.32. The number of aliphatic imine (C=N–C) groups is 1. The standard InChI is InChI=1S/C19H19NO3.C13H17NO3.5HI.2V/c1-22-19(21)18-12-11-17(20-18)15-7-9-16(10-8-15)23-13-14-5-3-2-4-6-14;1-14-11(7-8-12(14)13(16)17-2)9-3-5-10(15)6-4-9;;;;;;;/h2-10,18H,11-13H2,1H3;3-6,11-12,15H,7-8H2,1-2H3;5*1H;;/q;;;;;;;+2;+3/p-5/t18-;11-,12+;;;;;;;/m01......./s1. The molecule has 8 nitrogen and oxygen atoms in total. The van der Waals surface area contributed by atoms with Crippen LogP contribution >= 0.6 is 99.9 Å². The predicted octanol–water partition coefficient (Wildman–Crippen LogP) is 9.51. The fraction of sp³-hybridized carbons (Fsp3) is 0.344. The van der Waals surface area contributed by atoms with E-state index in [4.69, 9.17) is 14.2 Å². The summed E-state index contributed by atoms with van der Waals surface area (Å²) in [7, 11) is 5.38. The number of carbonyl (C=O) groups excluding carboxylic acids is 2. The van der Waals surface area contributed by atoms with Gasteiger partial charge >= 0.3 is 126 Å². The van der Waals surface area contributed by atoms with E-state index in [1.165, 1.54) is 14.2 Å². The van der Waals surface area contributed by atoms with Gasteiger partial charge in [-0.2, -0.15) is 0 Å². The first-order valence-corrected chi connectivity index (χ1v) is 36.8. The van der Waals surface area contributed by atoms with E-state index in [9.17, 15) is 14.7 Å². The number of halogens is 5. The third-order valence-corrected chi connectivity index (χ3v) is 7.32. The van der Waals surface area contributed by atoms with Crippen molar-refractivity contribution in [2.45, 2.75) is 50.4 Å². The van der Waals surface area contributed by atoms with Crippen LogP contribution in [0.15, 0.2) is 83.9 Å². The molecule has 1 fully saturated rings. The van der Waals surface area contributed by atoms with Crippen LogP contribution < -0.4 is 4.74 Å². The molecule has 0 unspecified atom stereocenters. The Bertz CT molecular complexity index is 1390. The van der Waals surface area contributed by atoms with Gasteiger partial charge < -0.3 is 19.3 Å². The summed E-state index contributed by atoms with van der Waals surface area (Å²) < 4.78 is 15.3. The van der Waals surface area contributed by atoms with Crippen molar-refractivity contribution in [3.63, 3.8) is 0 Å². The summed E-state index contributed by atoms with van der Waals surface area (Å²) in [6, 6.07) is 24.8. The Kier molecular flexibility index (Phi) is 23.1. The van der Waals surface area contributed by atoms with Crippen molar-refractivity contribution < 1.29 is 43.3 Å². The van der Waals surface area contributed by atoms with Crippen molar-refractivity contribution in [1.29, 1.82) is 0 Å². The maximum atomic E-state index is 11.6. The predicted molar refractivity (Wildman–Crippen MR) is 223 cm³/mol. The first-order chi connectivity index (χ1) is 22.5. The number of likely N-dealkylation sites (tertiary alicyclic amines) is 1. The number of rotatable bonds is 7. The number of ether oxygens (including phenoxy) is 3. The Morgan fingerprint density at radius 1 is 0.894 bits per heavy atom. The molecule has 3 atom stereocenters. The number of phenolic OH excluding ortho intramolecular Hbond substituents is 1. The van der Waals surface area contributed by atoms with E-state index in [0.29, 0.717) is 22.5 Å². The van der Waals surface area contributed by atoms with Gasteiger partial charge in [-0.05, 0) is 85.8 Å². The topological polar surface area (TPSA) is 97.7 Å². The van der Waals surface area contributed by atoms with Gasteiger partial charge in [0.25, 0.3) is 0 Å². The minimum atomic E-state index is -0.357. The van der Waals surface area contributed by atoms with Crippen molar-refractivity contribution in [1.82, 2.24) is 4.90 Å². The molecule has 5 rings (SSSR count). The molecule has 3 aromatic carbocycles. The van der Waals surface area contributed by atoms with E-state index < -0.39 is 0 Å². The normalized spacial score (nSPS) is 18.2. The van der Waals surface area contributed by atoms with Crippen LogP contribution in [-0.2, 0) is 40.1 Å². The molecule has 0 amide bonds. The number of esters is 2. The Hall–Kier alpha value is 0.649. The van der Waals surface area contributed by atoms with Crippen molar-refractivity contribution in [2.75, 3.05) is 21.3 Å². The number of hydrogen-bond donors (Lipinski definition) is 1. The van der Waals surface area contributed by atoms with Crippen molar-refractivity contribution in [3.05, 3.63) is 95.6 Å². The zero-order valence-corrected chi connectivity index (χ0v) is 39.5. The molecule has 255 valence electrons. The molecule has 0 aliphatic carbocycles. The molecule has 2 aliphatic heterocycles. The summed E-state index contributed by atoms with van der Waals surface area (Å²) in [5.74, 6) is 0.649. The number of likely N-dealkylation sites (N-methyl/N-ethyl adjacent to an activating group) is 1. The molecule has 47 heavy (non-hydrogen) atoms. The van der Waals surface area contributed by atoms with Crippen LogP contribution in [0, 0.1) is 0 Å². The Balaban J connectivity index is 0.000000281. The van der Waals surface area contributed by atoms with E-state index in [1.54, 1.807) is 12.1 Å². The first kappa shape index (κ1) is 43.8. The third kappa shape index (κ3) is 16.3. The fourth-order valence-electron chi connectivity index (χ4n) is 5.06. The SMILES string of the molecule is COC(=O)[C@@H]1CCC(c2ccc(OCc3ccccc3)cc2)=N1.COC(=O)[C@@H]1CC[C@H](c2ccc(O)cc2)N1C.[I][V]([I])[I].[I][V][I]. The van der Waals surface area contributed by atoms with Gasteiger partial charge in [-0.3, -0.25) is 14.7 Å². The molecule has 15 heteroatoms. The van der Waals surface area contributed by atoms with Crippen LogP contribution in [0.5, 0.6) is 11.5 Å². The molecule has 2 aliphatic rings. The zero-order valence-electron chi connectivity index (χ0n) is 25.9. The summed E-state index contributed by atoms with van der Waals surface area (Å²) in [5.41, 5.74) is 4.24. The monoisotopic (exact) mass is 1280 g/mol. The molecule has 0 bridgehead atoms. The van der Waals surface area contributed by atoms with Gasteiger partial charge in [0, 0.05) is 11.8 Å². The molecule has 0 aromatic heterocycles. The van der Waals surface area contributed by atoms with Gasteiger partial charge in [-0.1, -0.05) is 42.5 Å². The number of aromatic hydroxyl groups is 1. The van der Waals surface area contributed by atoms with Crippen molar-refractivity contribution >= 4 is 118 Å². The molecule has 0 radical (unpaired) electrons. The first-order valence-electron chi connectivity index (χ1n) is 14.2. The second kappa shape index (κ2) is 24.8. The van der Waals surface area contributed by atoms with E-state index in [-0.39, 0.29) is 40.7 Å². The molecule has 0 saturated carbocycles. The number of methoxy groups -OCH3 is 2. The summed E-state index contributed by atoms with van der Waals surface area (Å²) in [6.07, 6.45) is 3.26. The van der Waals surface area contributed by atoms with Gasteiger partial charge in [0.1, 0.15) is 30.2 Å². The number of nitrogens with zero attached hydrogens (tertiary/aromatic N) is 2. The van der Waals surface area contributed by atoms with Crippen LogP contribution in [0.4, 0.5) is 0 Å². The second-order valence-corrected chi connectivity index (χ2v) is 57.3.